The van der Waals surface area contributed by atoms with E-state index in [4.69, 9.17) is 4.74 Å². The maximum Gasteiger partial charge on any atom is 0.258 e. The molecule has 3 aromatic carbocycles. The molecule has 3 aromatic rings. The van der Waals surface area contributed by atoms with Crippen LogP contribution in [0.5, 0.6) is 5.75 Å². The molecule has 160 valence electrons. The van der Waals surface area contributed by atoms with Crippen molar-refractivity contribution in [2.75, 3.05) is 11.9 Å². The Kier molecular flexibility index (Phi) is 4.54. The van der Waals surface area contributed by atoms with E-state index in [1.54, 1.807) is 24.3 Å². The Morgan fingerprint density at radius 3 is 2.39 bits per heavy atom. The average Bonchev–Trinajstić information content (AvgIpc) is 2.86. The van der Waals surface area contributed by atoms with Gasteiger partial charge in [-0.1, -0.05) is 66.7 Å². The van der Waals surface area contributed by atoms with E-state index in [9.17, 15) is 9.59 Å². The minimum absolute atomic E-state index is 0.154. The van der Waals surface area contributed by atoms with Crippen LogP contribution < -0.4 is 15.0 Å². The highest BCUT2D eigenvalue weighted by atomic mass is 16.5. The molecule has 1 heterocycles. The third-order valence-corrected chi connectivity index (χ3v) is 6.24. The third-order valence-electron chi connectivity index (χ3n) is 6.24. The van der Waals surface area contributed by atoms with Crippen LogP contribution in [0.2, 0.25) is 0 Å². The zero-order valence-corrected chi connectivity index (χ0v) is 17.8. The molecule has 1 aliphatic heterocycles. The van der Waals surface area contributed by atoms with E-state index in [-0.39, 0.29) is 17.7 Å². The molecule has 0 fully saturated rings. The maximum atomic E-state index is 13.6. The van der Waals surface area contributed by atoms with E-state index in [1.165, 1.54) is 5.56 Å². The molecule has 0 spiro atoms. The van der Waals surface area contributed by atoms with Crippen LogP contribution in [-0.4, -0.2) is 29.9 Å². The summed E-state index contributed by atoms with van der Waals surface area (Å²) in [6, 6.07) is 19.0. The monoisotopic (exact) mass is 433 g/mol. The molecule has 5 heteroatoms. The van der Waals surface area contributed by atoms with Gasteiger partial charge in [-0.05, 0) is 18.1 Å². The summed E-state index contributed by atoms with van der Waals surface area (Å²) < 4.78 is 6.24. The van der Waals surface area contributed by atoms with Gasteiger partial charge in [0.1, 0.15) is 5.56 Å². The van der Waals surface area contributed by atoms with Crippen LogP contribution in [0, 0.1) is 0 Å². The predicted molar refractivity (Wildman–Crippen MR) is 127 cm³/mol. The van der Waals surface area contributed by atoms with Crippen molar-refractivity contribution in [3.8, 4) is 5.75 Å². The molecule has 2 aliphatic carbocycles. The Morgan fingerprint density at radius 1 is 0.879 bits per heavy atom. The molecule has 1 unspecified atom stereocenters. The van der Waals surface area contributed by atoms with Crippen molar-refractivity contribution in [3.63, 3.8) is 0 Å². The predicted octanol–water partition coefficient (Wildman–Crippen LogP) is 3.16. The van der Waals surface area contributed by atoms with Gasteiger partial charge in [-0.25, -0.2) is 4.99 Å². The first-order valence-electron chi connectivity index (χ1n) is 11.0. The van der Waals surface area contributed by atoms with Crippen molar-refractivity contribution in [3.05, 3.63) is 113 Å². The van der Waals surface area contributed by atoms with Crippen LogP contribution >= 0.6 is 0 Å². The lowest BCUT2D eigenvalue weighted by Gasteiger charge is -2.26. The van der Waals surface area contributed by atoms with Gasteiger partial charge in [0.15, 0.2) is 11.5 Å². The lowest BCUT2D eigenvalue weighted by atomic mass is 9.81. The standard InChI is InChI=1S/C28H20N2O3/c31-27-18-10-4-5-11-19(18)28(32)25-24(27)21(29-15-14-17-8-2-1-3-9-17)16-23-26(25)30-20-12-6-7-13-22(20)33-23/h1-13,16,22,29H,14-15H2/p+1. The number of hydrogen-bond acceptors (Lipinski definition) is 4. The van der Waals surface area contributed by atoms with Crippen molar-refractivity contribution in [2.45, 2.75) is 12.5 Å². The van der Waals surface area contributed by atoms with Gasteiger partial charge in [-0.2, -0.15) is 0 Å². The van der Waals surface area contributed by atoms with Gasteiger partial charge in [0.05, 0.1) is 11.3 Å². The van der Waals surface area contributed by atoms with Crippen LogP contribution in [0.15, 0.2) is 85.0 Å². The Hall–Kier alpha value is -4.25. The fourth-order valence-electron chi connectivity index (χ4n) is 4.63. The topological polar surface area (TPSA) is 69.4 Å². The molecule has 5 nitrogen and oxygen atoms in total. The first-order valence-corrected chi connectivity index (χ1v) is 11.0. The van der Waals surface area contributed by atoms with Gasteiger partial charge in [0, 0.05) is 29.8 Å². The van der Waals surface area contributed by atoms with Crippen molar-refractivity contribution in [2.24, 2.45) is 0 Å². The van der Waals surface area contributed by atoms with E-state index in [0.29, 0.717) is 45.9 Å². The third kappa shape index (κ3) is 3.21. The highest BCUT2D eigenvalue weighted by Gasteiger charge is 2.40. The van der Waals surface area contributed by atoms with Gasteiger partial charge in [-0.15, -0.1) is 0 Å². The van der Waals surface area contributed by atoms with Crippen molar-refractivity contribution in [1.82, 2.24) is 0 Å². The molecule has 33 heavy (non-hydrogen) atoms. The number of hydrogen-bond donors (Lipinski definition) is 2. The number of carbonyl (C=O) groups is 2. The Morgan fingerprint density at radius 2 is 1.61 bits per heavy atom. The van der Waals surface area contributed by atoms with E-state index >= 15 is 0 Å². The number of ether oxygens (including phenoxy) is 1. The highest BCUT2D eigenvalue weighted by molar-refractivity contribution is 6.32. The first-order chi connectivity index (χ1) is 16.2. The maximum absolute atomic E-state index is 13.6. The van der Waals surface area contributed by atoms with E-state index in [2.05, 4.69) is 22.4 Å². The summed E-state index contributed by atoms with van der Waals surface area (Å²) in [4.78, 5) is 30.6. The lowest BCUT2D eigenvalue weighted by Crippen LogP contribution is -2.72. The number of ketones is 2. The lowest BCUT2D eigenvalue weighted by molar-refractivity contribution is -0.362. The molecule has 1 atom stereocenters. The quantitative estimate of drug-likeness (QED) is 0.519. The SMILES string of the molecule is O=C1c2ccccc2C(=O)c2c3c(cc(NCCc4ccccc4)c21)OC1C=CC=CC1=[NH+]3. The highest BCUT2D eigenvalue weighted by Crippen LogP contribution is 2.41. The molecule has 0 amide bonds. The largest absolute Gasteiger partial charge is 0.468 e. The normalized spacial score (nSPS) is 17.3. The minimum atomic E-state index is -0.251. The Bertz CT molecular complexity index is 1400. The molecule has 0 radical (unpaired) electrons. The fourth-order valence-corrected chi connectivity index (χ4v) is 4.63. The van der Waals surface area contributed by atoms with Gasteiger partial charge >= 0.3 is 0 Å². The Labute approximate surface area is 191 Å². The van der Waals surface area contributed by atoms with Gasteiger partial charge in [0.25, 0.3) is 5.69 Å². The first kappa shape index (κ1) is 19.4. The smallest absolute Gasteiger partial charge is 0.258 e. The van der Waals surface area contributed by atoms with Crippen LogP contribution in [0.3, 0.4) is 0 Å². The number of fused-ring (bicyclic) bond motifs is 5. The number of carbonyl (C=O) groups excluding carboxylic acids is 2. The summed E-state index contributed by atoms with van der Waals surface area (Å²) in [5, 5.41) is 3.41. The van der Waals surface area contributed by atoms with Gasteiger partial charge in [0.2, 0.25) is 17.6 Å². The zero-order valence-electron chi connectivity index (χ0n) is 17.8. The molecular formula is C28H21N2O3+. The van der Waals surface area contributed by atoms with Crippen molar-refractivity contribution in [1.29, 1.82) is 0 Å². The zero-order chi connectivity index (χ0) is 22.4. The molecule has 2 N–H and O–H groups in total. The van der Waals surface area contributed by atoms with Crippen LogP contribution in [0.25, 0.3) is 0 Å². The summed E-state index contributed by atoms with van der Waals surface area (Å²) in [5.41, 5.74) is 4.83. The molecule has 6 rings (SSSR count). The number of nitrogens with one attached hydrogen (secondary N) is 2. The summed E-state index contributed by atoms with van der Waals surface area (Å²) in [7, 11) is 0. The molecule has 0 bridgehead atoms. The van der Waals surface area contributed by atoms with Crippen LogP contribution in [-0.2, 0) is 6.42 Å². The van der Waals surface area contributed by atoms with E-state index in [0.717, 1.165) is 12.1 Å². The minimum Gasteiger partial charge on any atom is -0.468 e. The number of allylic oxidation sites excluding steroid dienone is 2. The summed E-state index contributed by atoms with van der Waals surface area (Å²) >= 11 is 0. The fraction of sp³-hybridized carbons (Fsp3) is 0.107. The van der Waals surface area contributed by atoms with E-state index < -0.39 is 0 Å². The van der Waals surface area contributed by atoms with Gasteiger partial charge in [-0.3, -0.25) is 9.59 Å². The second-order valence-electron chi connectivity index (χ2n) is 8.28. The summed E-state index contributed by atoms with van der Waals surface area (Å²) in [6.07, 6.45) is 8.27. The summed E-state index contributed by atoms with van der Waals surface area (Å²) in [5.74, 6) is 0.233. The molecule has 3 aliphatic rings. The molecule has 0 saturated heterocycles. The molecular weight excluding hydrogens is 412 g/mol. The molecule has 0 saturated carbocycles. The molecule has 0 aromatic heterocycles. The Balaban J connectivity index is 1.47. The number of anilines is 1. The average molecular weight is 433 g/mol. The van der Waals surface area contributed by atoms with Crippen LogP contribution in [0.1, 0.15) is 37.4 Å². The van der Waals surface area contributed by atoms with Crippen LogP contribution in [0.4, 0.5) is 11.4 Å². The number of benzene rings is 3. The second kappa shape index (κ2) is 7.71. The van der Waals surface area contributed by atoms with E-state index in [1.807, 2.05) is 48.6 Å². The summed E-state index contributed by atoms with van der Waals surface area (Å²) in [6.45, 7) is 0.620. The number of rotatable bonds is 4. The van der Waals surface area contributed by atoms with Crippen molar-refractivity contribution < 1.29 is 19.3 Å². The second-order valence-corrected chi connectivity index (χ2v) is 8.28. The van der Waals surface area contributed by atoms with Gasteiger partial charge < -0.3 is 10.1 Å². The van der Waals surface area contributed by atoms with Crippen molar-refractivity contribution >= 4 is 28.7 Å².